The summed E-state index contributed by atoms with van der Waals surface area (Å²) in [5.74, 6) is -0.540. The third kappa shape index (κ3) is 8.97. The number of aromatic nitrogens is 4. The lowest BCUT2D eigenvalue weighted by atomic mass is 9.79. The van der Waals surface area contributed by atoms with Crippen LogP contribution in [0.1, 0.15) is 95.6 Å². The lowest BCUT2D eigenvalue weighted by molar-refractivity contribution is -0.156. The molecule has 3 unspecified atom stereocenters. The molecule has 248 valence electrons. The van der Waals surface area contributed by atoms with E-state index in [4.69, 9.17) is 4.74 Å². The SMILES string of the molecule is CCCCCCCCCCCCC(C)OC1C=C(Sc2nnnn2-c2ccccc2)c2ccccc2C1(O)C(=O)Nc1ccccc1. The number of hydrogen-bond acceptors (Lipinski definition) is 7. The number of ether oxygens (including phenoxy) is 1. The van der Waals surface area contributed by atoms with Crippen LogP contribution in [0.4, 0.5) is 5.69 Å². The van der Waals surface area contributed by atoms with E-state index in [1.165, 1.54) is 63.1 Å². The van der Waals surface area contributed by atoms with Gasteiger partial charge in [0.05, 0.1) is 11.8 Å². The molecule has 0 spiro atoms. The molecule has 0 saturated carbocycles. The number of benzene rings is 3. The molecule has 9 heteroatoms. The number of rotatable bonds is 18. The third-order valence-corrected chi connectivity index (χ3v) is 9.69. The Bertz CT molecular complexity index is 1580. The van der Waals surface area contributed by atoms with Gasteiger partial charge in [-0.05, 0) is 71.4 Å². The molecule has 1 aliphatic rings. The normalized spacial score (nSPS) is 17.9. The average molecular weight is 654 g/mol. The first kappa shape index (κ1) is 34.5. The van der Waals surface area contributed by atoms with Crippen molar-refractivity contribution in [1.82, 2.24) is 20.2 Å². The summed E-state index contributed by atoms with van der Waals surface area (Å²) in [6.07, 6.45) is 14.2. The molecular formula is C38H47N5O3S. The second-order valence-electron chi connectivity index (χ2n) is 12.3. The largest absolute Gasteiger partial charge is 0.373 e. The Hall–Kier alpha value is -3.79. The van der Waals surface area contributed by atoms with Crippen LogP contribution in [0.15, 0.2) is 96.2 Å². The number of unbranched alkanes of at least 4 members (excludes halogenated alkanes) is 9. The Labute approximate surface area is 283 Å². The molecule has 2 N–H and O–H groups in total. The van der Waals surface area contributed by atoms with E-state index in [-0.39, 0.29) is 6.10 Å². The highest BCUT2D eigenvalue weighted by Crippen LogP contribution is 2.46. The first-order chi connectivity index (χ1) is 23.0. The van der Waals surface area contributed by atoms with Gasteiger partial charge in [0.25, 0.3) is 5.91 Å². The number of thioether (sulfide) groups is 1. The first-order valence-corrected chi connectivity index (χ1v) is 17.9. The lowest BCUT2D eigenvalue weighted by Crippen LogP contribution is -2.52. The van der Waals surface area contributed by atoms with Gasteiger partial charge in [-0.25, -0.2) is 0 Å². The van der Waals surface area contributed by atoms with Crippen molar-refractivity contribution < 1.29 is 14.6 Å². The van der Waals surface area contributed by atoms with Crippen molar-refractivity contribution in [3.8, 4) is 5.69 Å². The summed E-state index contributed by atoms with van der Waals surface area (Å²) in [6, 6.07) is 26.4. The van der Waals surface area contributed by atoms with E-state index in [1.807, 2.05) is 79.7 Å². The number of carbonyl (C=O) groups excluding carboxylic acids is 1. The summed E-state index contributed by atoms with van der Waals surface area (Å²) in [5, 5.41) is 28.4. The monoisotopic (exact) mass is 653 g/mol. The number of hydrogen-bond donors (Lipinski definition) is 2. The highest BCUT2D eigenvalue weighted by Gasteiger charge is 2.50. The molecule has 3 aromatic carbocycles. The Morgan fingerprint density at radius 2 is 1.51 bits per heavy atom. The van der Waals surface area contributed by atoms with E-state index in [9.17, 15) is 9.90 Å². The first-order valence-electron chi connectivity index (χ1n) is 17.1. The molecule has 5 rings (SSSR count). The van der Waals surface area contributed by atoms with E-state index in [2.05, 4.69) is 27.8 Å². The number of nitrogens with zero attached hydrogens (tertiary/aromatic N) is 4. The van der Waals surface area contributed by atoms with E-state index >= 15 is 0 Å². The molecule has 47 heavy (non-hydrogen) atoms. The van der Waals surface area contributed by atoms with Crippen LogP contribution in [0.2, 0.25) is 0 Å². The average Bonchev–Trinajstić information content (AvgIpc) is 3.56. The Kier molecular flexibility index (Phi) is 12.8. The zero-order chi connectivity index (χ0) is 32.9. The van der Waals surface area contributed by atoms with Crippen LogP contribution < -0.4 is 5.32 Å². The van der Waals surface area contributed by atoms with E-state index in [0.717, 1.165) is 35.4 Å². The standard InChI is InChI=1S/C38H47N5O3S/c1-3-4-5-6-7-8-9-10-11-14-21-29(2)46-35-28-34(47-37-40-41-42-43(37)31-24-17-13-18-25-31)32-26-19-20-27-33(32)38(35,45)36(44)39-30-22-15-12-16-23-30/h12-13,15-20,22-29,35,45H,3-11,14,21H2,1-2H3,(H,39,44). The number of anilines is 1. The molecule has 1 aliphatic carbocycles. The van der Waals surface area contributed by atoms with Crippen LogP contribution in [-0.2, 0) is 15.1 Å². The minimum Gasteiger partial charge on any atom is -0.373 e. The fourth-order valence-corrected chi connectivity index (χ4v) is 7.05. The van der Waals surface area contributed by atoms with Gasteiger partial charge < -0.3 is 15.2 Å². The number of nitrogens with one attached hydrogen (secondary N) is 1. The van der Waals surface area contributed by atoms with Crippen molar-refractivity contribution in [2.45, 2.75) is 107 Å². The molecule has 1 heterocycles. The van der Waals surface area contributed by atoms with E-state index < -0.39 is 17.6 Å². The molecular weight excluding hydrogens is 607 g/mol. The number of para-hydroxylation sites is 2. The van der Waals surface area contributed by atoms with E-state index in [1.54, 1.807) is 22.9 Å². The number of fused-ring (bicyclic) bond motifs is 1. The van der Waals surface area contributed by atoms with Crippen LogP contribution in [0.5, 0.6) is 0 Å². The highest BCUT2D eigenvalue weighted by molar-refractivity contribution is 8.08. The second-order valence-corrected chi connectivity index (χ2v) is 13.3. The summed E-state index contributed by atoms with van der Waals surface area (Å²) in [4.78, 5) is 14.8. The van der Waals surface area contributed by atoms with Crippen molar-refractivity contribution >= 4 is 28.3 Å². The highest BCUT2D eigenvalue weighted by atomic mass is 32.2. The van der Waals surface area contributed by atoms with Crippen LogP contribution in [-0.4, -0.2) is 43.4 Å². The van der Waals surface area contributed by atoms with Crippen LogP contribution in [0.25, 0.3) is 10.6 Å². The summed E-state index contributed by atoms with van der Waals surface area (Å²) in [5.41, 5.74) is 0.683. The molecule has 1 amide bonds. The predicted octanol–water partition coefficient (Wildman–Crippen LogP) is 8.72. The van der Waals surface area contributed by atoms with E-state index in [0.29, 0.717) is 16.4 Å². The van der Waals surface area contributed by atoms with Crippen molar-refractivity contribution in [2.24, 2.45) is 0 Å². The zero-order valence-electron chi connectivity index (χ0n) is 27.6. The molecule has 0 radical (unpaired) electrons. The quantitative estimate of drug-likeness (QED) is 0.104. The second kappa shape index (κ2) is 17.4. The van der Waals surface area contributed by atoms with Crippen LogP contribution in [0.3, 0.4) is 0 Å². The molecule has 4 aromatic rings. The van der Waals surface area contributed by atoms with Gasteiger partial charge in [0.2, 0.25) is 5.16 Å². The summed E-state index contributed by atoms with van der Waals surface area (Å²) < 4.78 is 8.29. The van der Waals surface area contributed by atoms with Crippen molar-refractivity contribution in [3.63, 3.8) is 0 Å². The molecule has 0 fully saturated rings. The zero-order valence-corrected chi connectivity index (χ0v) is 28.4. The van der Waals surface area contributed by atoms with Crippen molar-refractivity contribution in [3.05, 3.63) is 102 Å². The Morgan fingerprint density at radius 1 is 0.894 bits per heavy atom. The number of amides is 1. The van der Waals surface area contributed by atoms with Gasteiger partial charge in [0.15, 0.2) is 5.60 Å². The predicted molar refractivity (Wildman–Crippen MR) is 189 cm³/mol. The summed E-state index contributed by atoms with van der Waals surface area (Å²) in [6.45, 7) is 4.28. The third-order valence-electron chi connectivity index (χ3n) is 8.68. The molecule has 1 aromatic heterocycles. The number of tetrazole rings is 1. The molecule has 0 bridgehead atoms. The molecule has 8 nitrogen and oxygen atoms in total. The summed E-state index contributed by atoms with van der Waals surface area (Å²) in [7, 11) is 0. The van der Waals surface area contributed by atoms with Gasteiger partial charge in [-0.2, -0.15) is 4.68 Å². The fraction of sp³-hybridized carbons (Fsp3) is 0.421. The number of aliphatic hydroxyl groups is 1. The van der Waals surface area contributed by atoms with Crippen molar-refractivity contribution in [1.29, 1.82) is 0 Å². The Balaban J connectivity index is 1.34. The number of carbonyl (C=O) groups is 1. The van der Waals surface area contributed by atoms with Gasteiger partial charge in [-0.1, -0.05) is 132 Å². The maximum atomic E-state index is 14.0. The Morgan fingerprint density at radius 3 is 2.21 bits per heavy atom. The van der Waals surface area contributed by atoms with Gasteiger partial charge >= 0.3 is 0 Å². The van der Waals surface area contributed by atoms with Gasteiger partial charge in [-0.3, -0.25) is 4.79 Å². The van der Waals surface area contributed by atoms with Gasteiger partial charge in [0, 0.05) is 16.2 Å². The lowest BCUT2D eigenvalue weighted by Gasteiger charge is -2.39. The van der Waals surface area contributed by atoms with Crippen LogP contribution in [0, 0.1) is 0 Å². The van der Waals surface area contributed by atoms with Gasteiger partial charge in [0.1, 0.15) is 6.10 Å². The smallest absolute Gasteiger partial charge is 0.264 e. The topological polar surface area (TPSA) is 102 Å². The fourth-order valence-electron chi connectivity index (χ4n) is 6.07. The summed E-state index contributed by atoms with van der Waals surface area (Å²) >= 11 is 1.38. The van der Waals surface area contributed by atoms with Crippen molar-refractivity contribution in [2.75, 3.05) is 5.32 Å². The van der Waals surface area contributed by atoms with Gasteiger partial charge in [-0.15, -0.1) is 5.10 Å². The molecule has 0 saturated heterocycles. The molecule has 0 aliphatic heterocycles. The minimum absolute atomic E-state index is 0.174. The van der Waals surface area contributed by atoms with Crippen LogP contribution >= 0.6 is 11.8 Å². The minimum atomic E-state index is -1.96. The molecule has 3 atom stereocenters. The maximum Gasteiger partial charge on any atom is 0.264 e. The maximum absolute atomic E-state index is 14.0.